The zero-order valence-electron chi connectivity index (χ0n) is 21.2. The molecule has 1 atom stereocenters. The van der Waals surface area contributed by atoms with E-state index in [9.17, 15) is 4.79 Å². The highest BCUT2D eigenvalue weighted by molar-refractivity contribution is 7.99. The van der Waals surface area contributed by atoms with E-state index in [0.717, 1.165) is 34.9 Å². The molecule has 39 heavy (non-hydrogen) atoms. The number of hydrogen-bond donors (Lipinski definition) is 0. The number of thioether (sulfide) groups is 1. The average molecular weight is 553 g/mol. The summed E-state index contributed by atoms with van der Waals surface area (Å²) in [5.74, 6) is 2.44. The molecule has 1 aliphatic heterocycles. The van der Waals surface area contributed by atoms with Crippen LogP contribution >= 0.6 is 23.4 Å². The second-order valence-corrected chi connectivity index (χ2v) is 10.7. The third-order valence-electron chi connectivity index (χ3n) is 6.61. The van der Waals surface area contributed by atoms with Gasteiger partial charge in [0.2, 0.25) is 5.91 Å². The first-order chi connectivity index (χ1) is 19.1. The number of carbonyl (C=O) groups is 1. The van der Waals surface area contributed by atoms with E-state index in [1.807, 2.05) is 107 Å². The summed E-state index contributed by atoms with van der Waals surface area (Å²) in [6.07, 6.45) is 0.862. The minimum Gasteiger partial charge on any atom is -0.457 e. The molecule has 0 saturated heterocycles. The maximum atomic E-state index is 13.4. The van der Waals surface area contributed by atoms with E-state index in [0.29, 0.717) is 16.0 Å². The summed E-state index contributed by atoms with van der Waals surface area (Å²) in [5.41, 5.74) is 3.93. The zero-order chi connectivity index (χ0) is 26.8. The number of benzene rings is 4. The molecule has 0 spiro atoms. The van der Waals surface area contributed by atoms with Gasteiger partial charge in [0.25, 0.3) is 0 Å². The van der Waals surface area contributed by atoms with E-state index < -0.39 is 0 Å². The van der Waals surface area contributed by atoms with Crippen LogP contribution in [-0.2, 0) is 11.2 Å². The van der Waals surface area contributed by atoms with Crippen molar-refractivity contribution in [2.45, 2.75) is 24.5 Å². The van der Waals surface area contributed by atoms with Crippen molar-refractivity contribution in [2.75, 3.05) is 10.7 Å². The summed E-state index contributed by atoms with van der Waals surface area (Å²) in [7, 11) is 0. The molecule has 1 amide bonds. The molecule has 1 aromatic heterocycles. The number of amides is 1. The molecular weight excluding hydrogens is 528 g/mol. The summed E-state index contributed by atoms with van der Waals surface area (Å²) in [5, 5.41) is 10.3. The fourth-order valence-electron chi connectivity index (χ4n) is 4.81. The average Bonchev–Trinajstić information content (AvgIpc) is 3.53. The van der Waals surface area contributed by atoms with Crippen LogP contribution in [0.4, 0.5) is 5.69 Å². The quantitative estimate of drug-likeness (QED) is 0.196. The van der Waals surface area contributed by atoms with E-state index in [4.69, 9.17) is 16.3 Å². The molecule has 2 heterocycles. The Morgan fingerprint density at radius 3 is 2.36 bits per heavy atom. The molecule has 8 heteroatoms. The predicted octanol–water partition coefficient (Wildman–Crippen LogP) is 7.45. The topological polar surface area (TPSA) is 60.2 Å². The van der Waals surface area contributed by atoms with E-state index in [-0.39, 0.29) is 17.7 Å². The van der Waals surface area contributed by atoms with Gasteiger partial charge in [-0.05, 0) is 85.6 Å². The third-order valence-corrected chi connectivity index (χ3v) is 7.78. The van der Waals surface area contributed by atoms with Crippen molar-refractivity contribution < 1.29 is 9.53 Å². The number of fused-ring (bicyclic) bond motifs is 1. The maximum Gasteiger partial charge on any atom is 0.237 e. The molecule has 0 saturated carbocycles. The van der Waals surface area contributed by atoms with Crippen LogP contribution in [0.1, 0.15) is 12.5 Å². The van der Waals surface area contributed by atoms with Gasteiger partial charge in [0.05, 0.1) is 5.75 Å². The van der Waals surface area contributed by atoms with Crippen molar-refractivity contribution >= 4 is 35.0 Å². The summed E-state index contributed by atoms with van der Waals surface area (Å²) < 4.78 is 7.94. The fraction of sp³-hybridized carbons (Fsp3) is 0.129. The molecule has 0 bridgehead atoms. The van der Waals surface area contributed by atoms with Crippen LogP contribution < -0.4 is 9.64 Å². The van der Waals surface area contributed by atoms with Crippen LogP contribution in [0.25, 0.3) is 17.1 Å². The highest BCUT2D eigenvalue weighted by Crippen LogP contribution is 2.34. The highest BCUT2D eigenvalue weighted by Gasteiger charge is 2.31. The number of hydrogen-bond acceptors (Lipinski definition) is 5. The molecule has 6 nitrogen and oxygen atoms in total. The maximum absolute atomic E-state index is 13.4. The van der Waals surface area contributed by atoms with Crippen LogP contribution in [-0.4, -0.2) is 32.5 Å². The van der Waals surface area contributed by atoms with E-state index in [1.165, 1.54) is 17.3 Å². The van der Waals surface area contributed by atoms with E-state index in [1.54, 1.807) is 0 Å². The van der Waals surface area contributed by atoms with Crippen LogP contribution in [0.3, 0.4) is 0 Å². The third kappa shape index (κ3) is 5.28. The van der Waals surface area contributed by atoms with Crippen LogP contribution in [0.15, 0.2) is 108 Å². The fourth-order valence-corrected chi connectivity index (χ4v) is 5.75. The number of nitrogens with zero attached hydrogens (tertiary/aromatic N) is 4. The lowest BCUT2D eigenvalue weighted by Crippen LogP contribution is -2.37. The van der Waals surface area contributed by atoms with Crippen molar-refractivity contribution in [1.82, 2.24) is 14.8 Å². The first-order valence-corrected chi connectivity index (χ1v) is 14.0. The Kier molecular flexibility index (Phi) is 7.09. The summed E-state index contributed by atoms with van der Waals surface area (Å²) in [6.45, 7) is 2.09. The number of anilines is 1. The monoisotopic (exact) mass is 552 g/mol. The van der Waals surface area contributed by atoms with Crippen molar-refractivity contribution in [3.05, 3.63) is 114 Å². The number of rotatable bonds is 7. The standard InChI is InChI=1S/C31H25ClN4O2S/c1-21-19-23-7-5-6-10-28(23)35(21)29(37)20-39-31-34-33-30(22-11-13-24(32)14-12-22)36(31)25-15-17-27(18-16-25)38-26-8-3-2-4-9-26/h2-18,21H,19-20H2,1H3. The van der Waals surface area contributed by atoms with Gasteiger partial charge in [-0.25, -0.2) is 0 Å². The van der Waals surface area contributed by atoms with Crippen molar-refractivity contribution in [3.63, 3.8) is 0 Å². The Hall–Kier alpha value is -4.07. The molecule has 0 N–H and O–H groups in total. The van der Waals surface area contributed by atoms with Gasteiger partial charge in [0.15, 0.2) is 11.0 Å². The molecule has 1 unspecified atom stereocenters. The molecular formula is C31H25ClN4O2S. The van der Waals surface area contributed by atoms with Gasteiger partial charge in [-0.1, -0.05) is 59.8 Å². The SMILES string of the molecule is CC1Cc2ccccc2N1C(=O)CSc1nnc(-c2ccc(Cl)cc2)n1-c1ccc(Oc2ccccc2)cc1. The van der Waals surface area contributed by atoms with Crippen molar-refractivity contribution in [3.8, 4) is 28.6 Å². The molecule has 0 radical (unpaired) electrons. The van der Waals surface area contributed by atoms with Gasteiger partial charge in [0, 0.05) is 28.0 Å². The Morgan fingerprint density at radius 1 is 0.897 bits per heavy atom. The number of ether oxygens (including phenoxy) is 1. The second kappa shape index (κ2) is 11.0. The van der Waals surface area contributed by atoms with Gasteiger partial charge >= 0.3 is 0 Å². The first-order valence-electron chi connectivity index (χ1n) is 12.6. The predicted molar refractivity (Wildman–Crippen MR) is 156 cm³/mol. The van der Waals surface area contributed by atoms with Crippen LogP contribution in [0, 0.1) is 0 Å². The van der Waals surface area contributed by atoms with Crippen LogP contribution in [0.5, 0.6) is 11.5 Å². The van der Waals surface area contributed by atoms with Crippen LogP contribution in [0.2, 0.25) is 5.02 Å². The minimum absolute atomic E-state index is 0.0478. The molecule has 1 aliphatic rings. The van der Waals surface area contributed by atoms with Gasteiger partial charge in [0.1, 0.15) is 11.5 Å². The molecule has 4 aromatic carbocycles. The second-order valence-electron chi connectivity index (χ2n) is 9.29. The summed E-state index contributed by atoms with van der Waals surface area (Å²) in [4.78, 5) is 15.3. The van der Waals surface area contributed by atoms with Crippen molar-refractivity contribution in [2.24, 2.45) is 0 Å². The Balaban J connectivity index is 1.29. The number of carbonyl (C=O) groups excluding carboxylic acids is 1. The lowest BCUT2D eigenvalue weighted by atomic mass is 10.1. The molecule has 6 rings (SSSR count). The van der Waals surface area contributed by atoms with Gasteiger partial charge in [-0.3, -0.25) is 9.36 Å². The smallest absolute Gasteiger partial charge is 0.237 e. The highest BCUT2D eigenvalue weighted by atomic mass is 35.5. The van der Waals surface area contributed by atoms with E-state index >= 15 is 0 Å². The Labute approximate surface area is 236 Å². The van der Waals surface area contributed by atoms with Crippen molar-refractivity contribution in [1.29, 1.82) is 0 Å². The van der Waals surface area contributed by atoms with Gasteiger partial charge in [-0.2, -0.15) is 0 Å². The lowest BCUT2D eigenvalue weighted by Gasteiger charge is -2.22. The largest absolute Gasteiger partial charge is 0.457 e. The minimum atomic E-state index is 0.0478. The van der Waals surface area contributed by atoms with E-state index in [2.05, 4.69) is 23.2 Å². The summed E-state index contributed by atoms with van der Waals surface area (Å²) in [6, 6.07) is 33.1. The lowest BCUT2D eigenvalue weighted by molar-refractivity contribution is -0.116. The first kappa shape index (κ1) is 25.2. The number of halogens is 1. The van der Waals surface area contributed by atoms with Gasteiger partial charge < -0.3 is 9.64 Å². The Bertz CT molecular complexity index is 1600. The Morgan fingerprint density at radius 2 is 1.59 bits per heavy atom. The van der Waals surface area contributed by atoms with Gasteiger partial charge in [-0.15, -0.1) is 10.2 Å². The summed E-state index contributed by atoms with van der Waals surface area (Å²) >= 11 is 7.52. The molecule has 194 valence electrons. The zero-order valence-corrected chi connectivity index (χ0v) is 22.8. The molecule has 0 aliphatic carbocycles. The normalized spacial score (nSPS) is 14.3. The molecule has 0 fully saturated rings. The molecule has 5 aromatic rings. The number of aromatic nitrogens is 3. The number of para-hydroxylation sites is 2.